The molecule has 0 unspecified atom stereocenters. The summed E-state index contributed by atoms with van der Waals surface area (Å²) >= 11 is 0. The number of nitrogens with one attached hydrogen (secondary N) is 2. The summed E-state index contributed by atoms with van der Waals surface area (Å²) in [5.41, 5.74) is 0.830. The van der Waals surface area contributed by atoms with Gasteiger partial charge in [-0.05, 0) is 62.8 Å². The summed E-state index contributed by atoms with van der Waals surface area (Å²) in [6, 6.07) is 9.20. The SMILES string of the molecule is O=C(NCCNC(=O)c1c(F)cc(OC2CCC(C(=O)O)CC2)cc1F)c1ccc(N2CCCC2)cc1. The molecule has 4 rings (SSSR count). The molecule has 2 aliphatic rings. The number of aliphatic carboxylic acids is 1. The number of halogens is 2. The van der Waals surface area contributed by atoms with Crippen LogP contribution in [-0.2, 0) is 4.79 Å². The van der Waals surface area contributed by atoms with E-state index in [1.807, 2.05) is 12.1 Å². The van der Waals surface area contributed by atoms with Crippen molar-refractivity contribution in [2.45, 2.75) is 44.6 Å². The summed E-state index contributed by atoms with van der Waals surface area (Å²) in [6.45, 7) is 2.09. The lowest BCUT2D eigenvalue weighted by Crippen LogP contribution is -2.35. The van der Waals surface area contributed by atoms with Crippen molar-refractivity contribution < 1.29 is 33.0 Å². The van der Waals surface area contributed by atoms with Gasteiger partial charge in [0.1, 0.15) is 22.9 Å². The van der Waals surface area contributed by atoms with E-state index >= 15 is 0 Å². The van der Waals surface area contributed by atoms with E-state index in [-0.39, 0.29) is 30.9 Å². The van der Waals surface area contributed by atoms with Crippen molar-refractivity contribution in [2.24, 2.45) is 5.92 Å². The molecule has 2 amide bonds. The number of hydrogen-bond donors (Lipinski definition) is 3. The standard InChI is InChI=1S/C27H31F2N3O5/c28-22-15-21(37-20-9-5-18(6-10-20)27(35)36)16-23(29)24(22)26(34)31-12-11-30-25(33)17-3-7-19(8-4-17)32-13-1-2-14-32/h3-4,7-8,15-16,18,20H,1-2,5-6,9-14H2,(H,30,33)(H,31,34)(H,35,36). The van der Waals surface area contributed by atoms with Gasteiger partial charge in [-0.25, -0.2) is 8.78 Å². The van der Waals surface area contributed by atoms with Crippen molar-refractivity contribution in [3.05, 3.63) is 59.2 Å². The van der Waals surface area contributed by atoms with Crippen molar-refractivity contribution in [1.29, 1.82) is 0 Å². The molecule has 1 heterocycles. The third kappa shape index (κ3) is 6.75. The van der Waals surface area contributed by atoms with Crippen LogP contribution in [0.1, 0.15) is 59.2 Å². The highest BCUT2D eigenvalue weighted by Gasteiger charge is 2.28. The molecule has 2 fully saturated rings. The van der Waals surface area contributed by atoms with Crippen molar-refractivity contribution in [3.8, 4) is 5.75 Å². The first-order chi connectivity index (χ1) is 17.8. The van der Waals surface area contributed by atoms with E-state index in [0.717, 1.165) is 43.8 Å². The van der Waals surface area contributed by atoms with E-state index in [1.165, 1.54) is 0 Å². The average molecular weight is 516 g/mol. The summed E-state index contributed by atoms with van der Waals surface area (Å²) in [6.07, 6.45) is 3.80. The number of carbonyl (C=O) groups is 3. The summed E-state index contributed by atoms with van der Waals surface area (Å²) in [4.78, 5) is 38.0. The van der Waals surface area contributed by atoms with Crippen LogP contribution in [0.2, 0.25) is 0 Å². The Bertz CT molecular complexity index is 1100. The number of benzene rings is 2. The molecule has 0 spiro atoms. The highest BCUT2D eigenvalue weighted by atomic mass is 19.1. The fraction of sp³-hybridized carbons (Fsp3) is 0.444. The van der Waals surface area contributed by atoms with Crippen molar-refractivity contribution in [3.63, 3.8) is 0 Å². The molecule has 198 valence electrons. The topological polar surface area (TPSA) is 108 Å². The first-order valence-electron chi connectivity index (χ1n) is 12.6. The van der Waals surface area contributed by atoms with E-state index in [2.05, 4.69) is 15.5 Å². The fourth-order valence-electron chi connectivity index (χ4n) is 4.80. The van der Waals surface area contributed by atoms with Crippen molar-refractivity contribution in [1.82, 2.24) is 10.6 Å². The largest absolute Gasteiger partial charge is 0.490 e. The maximum absolute atomic E-state index is 14.6. The Hall–Kier alpha value is -3.69. The number of nitrogens with zero attached hydrogens (tertiary/aromatic N) is 1. The molecule has 0 bridgehead atoms. The molecule has 0 atom stereocenters. The Balaban J connectivity index is 1.23. The Morgan fingerprint density at radius 1 is 0.892 bits per heavy atom. The molecule has 1 saturated heterocycles. The van der Waals surface area contributed by atoms with Crippen molar-refractivity contribution >= 4 is 23.5 Å². The number of anilines is 1. The van der Waals surface area contributed by atoms with Gasteiger partial charge in [-0.1, -0.05) is 0 Å². The Morgan fingerprint density at radius 2 is 1.46 bits per heavy atom. The molecule has 3 N–H and O–H groups in total. The highest BCUT2D eigenvalue weighted by molar-refractivity contribution is 5.95. The van der Waals surface area contributed by atoms with Gasteiger partial charge in [-0.2, -0.15) is 0 Å². The first-order valence-corrected chi connectivity index (χ1v) is 12.6. The summed E-state index contributed by atoms with van der Waals surface area (Å²) < 4.78 is 34.7. The normalized spacial score (nSPS) is 19.4. The minimum Gasteiger partial charge on any atom is -0.490 e. The Morgan fingerprint density at radius 3 is 2.03 bits per heavy atom. The molecular formula is C27H31F2N3O5. The van der Waals surface area contributed by atoms with Gasteiger partial charge in [-0.3, -0.25) is 14.4 Å². The lowest BCUT2D eigenvalue weighted by atomic mass is 9.87. The zero-order valence-electron chi connectivity index (χ0n) is 20.5. The van der Waals surface area contributed by atoms with Crippen LogP contribution >= 0.6 is 0 Å². The maximum atomic E-state index is 14.6. The van der Waals surface area contributed by atoms with E-state index < -0.39 is 35.0 Å². The summed E-state index contributed by atoms with van der Waals surface area (Å²) in [5.74, 6) is -4.69. The number of ether oxygens (including phenoxy) is 1. The molecule has 8 nitrogen and oxygen atoms in total. The van der Waals surface area contributed by atoms with Crippen LogP contribution in [0.15, 0.2) is 36.4 Å². The zero-order valence-corrected chi connectivity index (χ0v) is 20.5. The zero-order chi connectivity index (χ0) is 26.4. The second-order valence-corrected chi connectivity index (χ2v) is 9.44. The molecule has 0 aromatic heterocycles. The second-order valence-electron chi connectivity index (χ2n) is 9.44. The Labute approximate surface area is 214 Å². The summed E-state index contributed by atoms with van der Waals surface area (Å²) in [7, 11) is 0. The Kier molecular flexibility index (Phi) is 8.58. The van der Waals surface area contributed by atoms with Crippen LogP contribution in [0, 0.1) is 17.6 Å². The molecule has 0 radical (unpaired) electrons. The highest BCUT2D eigenvalue weighted by Crippen LogP contribution is 2.29. The van der Waals surface area contributed by atoms with Crippen LogP contribution in [-0.4, -0.2) is 55.2 Å². The number of carboxylic acid groups (broad SMARTS) is 1. The predicted octanol–water partition coefficient (Wildman–Crippen LogP) is 3.75. The van der Waals surface area contributed by atoms with E-state index in [1.54, 1.807) is 12.1 Å². The number of rotatable bonds is 9. The monoisotopic (exact) mass is 515 g/mol. The number of carboxylic acids is 1. The molecule has 10 heteroatoms. The predicted molar refractivity (Wildman–Crippen MR) is 133 cm³/mol. The number of carbonyl (C=O) groups excluding carboxylic acids is 2. The van der Waals surface area contributed by atoms with Crippen molar-refractivity contribution in [2.75, 3.05) is 31.1 Å². The molecule has 1 aliphatic carbocycles. The van der Waals surface area contributed by atoms with Gasteiger partial charge in [-0.15, -0.1) is 0 Å². The number of amides is 2. The van der Waals surface area contributed by atoms with Gasteiger partial charge in [0.25, 0.3) is 11.8 Å². The van der Waals surface area contributed by atoms with Gasteiger partial charge in [0, 0.05) is 49.6 Å². The molecule has 1 aliphatic heterocycles. The van der Waals surface area contributed by atoms with E-state index in [4.69, 9.17) is 9.84 Å². The van der Waals surface area contributed by atoms with Crippen LogP contribution in [0.25, 0.3) is 0 Å². The molecular weight excluding hydrogens is 484 g/mol. The lowest BCUT2D eigenvalue weighted by Gasteiger charge is -2.26. The molecule has 2 aromatic carbocycles. The third-order valence-electron chi connectivity index (χ3n) is 6.87. The minimum atomic E-state index is -1.06. The van der Waals surface area contributed by atoms with E-state index in [9.17, 15) is 23.2 Å². The van der Waals surface area contributed by atoms with Crippen LogP contribution in [0.4, 0.5) is 14.5 Å². The van der Waals surface area contributed by atoms with Crippen LogP contribution < -0.4 is 20.3 Å². The van der Waals surface area contributed by atoms with Crippen LogP contribution in [0.3, 0.4) is 0 Å². The third-order valence-corrected chi connectivity index (χ3v) is 6.87. The molecule has 37 heavy (non-hydrogen) atoms. The average Bonchev–Trinajstić information content (AvgIpc) is 3.42. The van der Waals surface area contributed by atoms with Gasteiger partial charge in [0.15, 0.2) is 0 Å². The smallest absolute Gasteiger partial charge is 0.306 e. The lowest BCUT2D eigenvalue weighted by molar-refractivity contribution is -0.143. The first kappa shape index (κ1) is 26.4. The summed E-state index contributed by atoms with van der Waals surface area (Å²) in [5, 5.41) is 14.2. The molecule has 2 aromatic rings. The fourth-order valence-corrected chi connectivity index (χ4v) is 4.80. The molecule has 1 saturated carbocycles. The minimum absolute atomic E-state index is 0.0135. The van der Waals surface area contributed by atoms with Gasteiger partial charge < -0.3 is 25.4 Å². The number of hydrogen-bond acceptors (Lipinski definition) is 5. The van der Waals surface area contributed by atoms with Gasteiger partial charge >= 0.3 is 5.97 Å². The van der Waals surface area contributed by atoms with Crippen LogP contribution in [0.5, 0.6) is 5.75 Å². The van der Waals surface area contributed by atoms with Gasteiger partial charge in [0.05, 0.1) is 12.0 Å². The van der Waals surface area contributed by atoms with Gasteiger partial charge in [0.2, 0.25) is 0 Å². The second kappa shape index (κ2) is 12.0. The van der Waals surface area contributed by atoms with E-state index in [0.29, 0.717) is 31.2 Å². The maximum Gasteiger partial charge on any atom is 0.306 e. The quantitative estimate of drug-likeness (QED) is 0.439.